The Morgan fingerprint density at radius 1 is 1.25 bits per heavy atom. The molecular weight excluding hydrogens is 268 g/mol. The predicted molar refractivity (Wildman–Crippen MR) is 68.3 cm³/mol. The van der Waals surface area contributed by atoms with Crippen LogP contribution >= 0.6 is 15.9 Å². The number of aromatic nitrogens is 1. The smallest absolute Gasteiger partial charge is 0.129 e. The average Bonchev–Trinajstić information content (AvgIpc) is 2.30. The third kappa shape index (κ3) is 1.88. The Bertz CT molecular complexity index is 514. The molecule has 1 aromatic heterocycles. The van der Waals surface area contributed by atoms with Crippen LogP contribution in [0, 0.1) is 0 Å². The molecule has 2 N–H and O–H groups in total. The van der Waals surface area contributed by atoms with Gasteiger partial charge in [0.05, 0.1) is 24.1 Å². The van der Waals surface area contributed by atoms with E-state index in [1.54, 1.807) is 13.3 Å². The fourth-order valence-corrected chi connectivity index (χ4v) is 2.07. The third-order valence-electron chi connectivity index (χ3n) is 2.27. The molecule has 0 aliphatic heterocycles. The summed E-state index contributed by atoms with van der Waals surface area (Å²) in [6.07, 6.45) is 1.71. The minimum atomic E-state index is 0.632. The summed E-state index contributed by atoms with van der Waals surface area (Å²) in [6.45, 7) is 0. The fourth-order valence-electron chi connectivity index (χ4n) is 1.53. The van der Waals surface area contributed by atoms with Gasteiger partial charge < -0.3 is 10.5 Å². The van der Waals surface area contributed by atoms with Gasteiger partial charge in [-0.15, -0.1) is 0 Å². The van der Waals surface area contributed by atoms with Crippen LogP contribution in [0.2, 0.25) is 0 Å². The van der Waals surface area contributed by atoms with Gasteiger partial charge in [-0.2, -0.15) is 0 Å². The zero-order valence-corrected chi connectivity index (χ0v) is 10.4. The maximum absolute atomic E-state index is 5.91. The van der Waals surface area contributed by atoms with Gasteiger partial charge in [0.15, 0.2) is 0 Å². The van der Waals surface area contributed by atoms with Gasteiger partial charge in [-0.25, -0.2) is 0 Å². The number of nitrogens with zero attached hydrogens (tertiary/aromatic N) is 1. The molecule has 2 aromatic rings. The molecule has 0 amide bonds. The molecular formula is C12H11BrN2O. The Labute approximate surface area is 102 Å². The highest BCUT2D eigenvalue weighted by atomic mass is 79.9. The number of halogens is 1. The summed E-state index contributed by atoms with van der Waals surface area (Å²) < 4.78 is 6.22. The number of anilines is 1. The fraction of sp³-hybridized carbons (Fsp3) is 0.0833. The van der Waals surface area contributed by atoms with Crippen LogP contribution in [0.25, 0.3) is 11.3 Å². The van der Waals surface area contributed by atoms with Gasteiger partial charge in [-0.05, 0) is 40.2 Å². The Morgan fingerprint density at radius 3 is 2.75 bits per heavy atom. The van der Waals surface area contributed by atoms with Gasteiger partial charge in [-0.1, -0.05) is 6.07 Å². The minimum Gasteiger partial charge on any atom is -0.496 e. The number of methoxy groups -OCH3 is 1. The zero-order valence-electron chi connectivity index (χ0n) is 8.77. The maximum Gasteiger partial charge on any atom is 0.129 e. The van der Waals surface area contributed by atoms with Crippen LogP contribution in [0.4, 0.5) is 5.69 Å². The van der Waals surface area contributed by atoms with E-state index in [-0.39, 0.29) is 0 Å². The normalized spacial score (nSPS) is 10.1. The summed E-state index contributed by atoms with van der Waals surface area (Å²) in [5, 5.41) is 0. The van der Waals surface area contributed by atoms with Crippen molar-refractivity contribution in [1.29, 1.82) is 0 Å². The molecule has 82 valence electrons. The number of rotatable bonds is 2. The van der Waals surface area contributed by atoms with Gasteiger partial charge >= 0.3 is 0 Å². The van der Waals surface area contributed by atoms with Gasteiger partial charge in [0, 0.05) is 10.7 Å². The molecule has 0 spiro atoms. The molecule has 0 saturated heterocycles. The van der Waals surface area contributed by atoms with Crippen LogP contribution in [0.1, 0.15) is 0 Å². The van der Waals surface area contributed by atoms with Crippen LogP contribution < -0.4 is 10.5 Å². The molecule has 0 saturated carbocycles. The van der Waals surface area contributed by atoms with Crippen LogP contribution in [-0.4, -0.2) is 12.1 Å². The van der Waals surface area contributed by atoms with E-state index in [0.717, 1.165) is 21.5 Å². The molecule has 0 radical (unpaired) electrons. The molecule has 1 heterocycles. The lowest BCUT2D eigenvalue weighted by molar-refractivity contribution is 0.416. The summed E-state index contributed by atoms with van der Waals surface area (Å²) in [4.78, 5) is 4.28. The van der Waals surface area contributed by atoms with Gasteiger partial charge in [0.1, 0.15) is 5.75 Å². The van der Waals surface area contributed by atoms with Crippen LogP contribution in [-0.2, 0) is 0 Å². The molecule has 4 heteroatoms. The predicted octanol–water partition coefficient (Wildman–Crippen LogP) is 3.10. The third-order valence-corrected chi connectivity index (χ3v) is 2.93. The van der Waals surface area contributed by atoms with Gasteiger partial charge in [0.2, 0.25) is 0 Å². The molecule has 2 rings (SSSR count). The molecule has 16 heavy (non-hydrogen) atoms. The molecule has 0 fully saturated rings. The van der Waals surface area contributed by atoms with E-state index in [0.29, 0.717) is 5.69 Å². The first-order valence-electron chi connectivity index (χ1n) is 4.77. The summed E-state index contributed by atoms with van der Waals surface area (Å²) in [6, 6.07) is 9.36. The zero-order chi connectivity index (χ0) is 11.5. The summed E-state index contributed by atoms with van der Waals surface area (Å²) in [5.74, 6) is 0.750. The van der Waals surface area contributed by atoms with Crippen molar-refractivity contribution in [2.45, 2.75) is 0 Å². The van der Waals surface area contributed by atoms with Crippen molar-refractivity contribution in [3.8, 4) is 17.0 Å². The number of hydrogen-bond donors (Lipinski definition) is 1. The first-order valence-corrected chi connectivity index (χ1v) is 5.56. The van der Waals surface area contributed by atoms with Crippen molar-refractivity contribution in [2.75, 3.05) is 12.8 Å². The van der Waals surface area contributed by atoms with Crippen molar-refractivity contribution in [2.24, 2.45) is 0 Å². The van der Waals surface area contributed by atoms with E-state index in [1.165, 1.54) is 0 Å². The van der Waals surface area contributed by atoms with Crippen molar-refractivity contribution in [3.63, 3.8) is 0 Å². The molecule has 0 aliphatic rings. The molecule has 0 atom stereocenters. The van der Waals surface area contributed by atoms with Crippen molar-refractivity contribution >= 4 is 21.6 Å². The molecule has 3 nitrogen and oxygen atoms in total. The standard InChI is InChI=1S/C12H11BrN2O/c1-16-10-6-2-4-8(13)11(10)12-9(14)5-3-7-15-12/h2-7H,14H2,1H3. The Balaban J connectivity index is 2.68. The number of benzene rings is 1. The van der Waals surface area contributed by atoms with Crippen molar-refractivity contribution < 1.29 is 4.74 Å². The first kappa shape index (κ1) is 11.0. The average molecular weight is 279 g/mol. The molecule has 0 bridgehead atoms. The lowest BCUT2D eigenvalue weighted by atomic mass is 10.1. The SMILES string of the molecule is COc1cccc(Br)c1-c1ncccc1N. The summed E-state index contributed by atoms with van der Waals surface area (Å²) >= 11 is 3.48. The lowest BCUT2D eigenvalue weighted by Crippen LogP contribution is -1.96. The quantitative estimate of drug-likeness (QED) is 0.918. The first-order chi connectivity index (χ1) is 7.74. The topological polar surface area (TPSA) is 48.1 Å². The second kappa shape index (κ2) is 4.53. The monoisotopic (exact) mass is 278 g/mol. The minimum absolute atomic E-state index is 0.632. The number of nitrogens with two attached hydrogens (primary N) is 1. The van der Waals surface area contributed by atoms with Crippen molar-refractivity contribution in [3.05, 3.63) is 41.0 Å². The Hall–Kier alpha value is -1.55. The second-order valence-electron chi connectivity index (χ2n) is 3.26. The lowest BCUT2D eigenvalue weighted by Gasteiger charge is -2.11. The molecule has 0 unspecified atom stereocenters. The van der Waals surface area contributed by atoms with Gasteiger partial charge in [0.25, 0.3) is 0 Å². The summed E-state index contributed by atoms with van der Waals surface area (Å²) in [5.41, 5.74) is 8.14. The highest BCUT2D eigenvalue weighted by molar-refractivity contribution is 9.10. The number of ether oxygens (including phenoxy) is 1. The van der Waals surface area contributed by atoms with E-state index in [2.05, 4.69) is 20.9 Å². The van der Waals surface area contributed by atoms with Crippen molar-refractivity contribution in [1.82, 2.24) is 4.98 Å². The van der Waals surface area contributed by atoms with Crippen LogP contribution in [0.15, 0.2) is 41.0 Å². The molecule has 0 aliphatic carbocycles. The van der Waals surface area contributed by atoms with E-state index < -0.39 is 0 Å². The number of nitrogen functional groups attached to an aromatic ring is 1. The van der Waals surface area contributed by atoms with Gasteiger partial charge in [-0.3, -0.25) is 4.98 Å². The molecule has 1 aromatic carbocycles. The Morgan fingerprint density at radius 2 is 2.06 bits per heavy atom. The Kier molecular flexibility index (Phi) is 3.10. The van der Waals surface area contributed by atoms with E-state index in [4.69, 9.17) is 10.5 Å². The number of pyridine rings is 1. The second-order valence-corrected chi connectivity index (χ2v) is 4.11. The maximum atomic E-state index is 5.91. The largest absolute Gasteiger partial charge is 0.496 e. The van der Waals surface area contributed by atoms with Crippen LogP contribution in [0.3, 0.4) is 0 Å². The number of hydrogen-bond acceptors (Lipinski definition) is 3. The van der Waals surface area contributed by atoms with E-state index >= 15 is 0 Å². The van der Waals surface area contributed by atoms with E-state index in [1.807, 2.05) is 30.3 Å². The highest BCUT2D eigenvalue weighted by Gasteiger charge is 2.13. The van der Waals surface area contributed by atoms with Crippen LogP contribution in [0.5, 0.6) is 5.75 Å². The van der Waals surface area contributed by atoms with E-state index in [9.17, 15) is 0 Å². The highest BCUT2D eigenvalue weighted by Crippen LogP contribution is 2.37. The summed E-state index contributed by atoms with van der Waals surface area (Å²) in [7, 11) is 1.63.